The van der Waals surface area contributed by atoms with Gasteiger partial charge in [-0.3, -0.25) is 14.5 Å². The van der Waals surface area contributed by atoms with Gasteiger partial charge in [0.15, 0.2) is 29.0 Å². The minimum Gasteiger partial charge on any atom is -0.477 e. The van der Waals surface area contributed by atoms with Crippen molar-refractivity contribution in [1.82, 2.24) is 15.2 Å². The lowest BCUT2D eigenvalue weighted by Gasteiger charge is -2.49. The van der Waals surface area contributed by atoms with Gasteiger partial charge in [0.05, 0.1) is 6.04 Å². The zero-order valence-corrected chi connectivity index (χ0v) is 22.7. The fourth-order valence-corrected chi connectivity index (χ4v) is 7.67. The van der Waals surface area contributed by atoms with Gasteiger partial charge in [0.25, 0.3) is 16.8 Å². The van der Waals surface area contributed by atoms with E-state index in [1.165, 1.54) is 35.5 Å². The van der Waals surface area contributed by atoms with Crippen molar-refractivity contribution in [2.45, 2.75) is 24.0 Å². The van der Waals surface area contributed by atoms with Crippen LogP contribution in [0.3, 0.4) is 0 Å². The molecule has 15 heteroatoms. The molecule has 0 aliphatic carbocycles. The van der Waals surface area contributed by atoms with Crippen LogP contribution in [-0.2, 0) is 19.2 Å². The van der Waals surface area contributed by atoms with E-state index in [2.05, 4.69) is 15.5 Å². The molecule has 2 aliphatic rings. The topological polar surface area (TPSA) is 151 Å². The van der Waals surface area contributed by atoms with E-state index in [0.717, 1.165) is 21.9 Å². The number of β-lactam (4-membered cyclic amide) rings is 1. The van der Waals surface area contributed by atoms with E-state index in [0.29, 0.717) is 16.4 Å². The first-order valence-electron chi connectivity index (χ1n) is 10.5. The van der Waals surface area contributed by atoms with Crippen LogP contribution in [-0.4, -0.2) is 75.4 Å². The number of nitrogens with zero attached hydrogens (tertiary/aromatic N) is 4. The Labute approximate surface area is 223 Å². The number of anilines is 1. The fourth-order valence-electron chi connectivity index (χ4n) is 3.81. The molecule has 36 heavy (non-hydrogen) atoms. The fraction of sp³-hybridized carbons (Fsp3) is 0.333. The minimum absolute atomic E-state index is 0.0402. The number of aliphatic carboxylic acids is 1. The smallest absolute Gasteiger partial charge is 0.353 e. The number of carbonyl (C=O) groups excluding carboxylic acids is 2. The van der Waals surface area contributed by atoms with Gasteiger partial charge in [-0.1, -0.05) is 16.9 Å². The molecule has 2 aromatic rings. The molecule has 2 aromatic heterocycles. The molecule has 1 fully saturated rings. The molecule has 4 rings (SSSR count). The van der Waals surface area contributed by atoms with Gasteiger partial charge in [0, 0.05) is 39.7 Å². The third kappa shape index (κ3) is 5.05. The Hall–Kier alpha value is -2.75. The van der Waals surface area contributed by atoms with Gasteiger partial charge in [-0.05, 0) is 13.0 Å². The lowest BCUT2D eigenvalue weighted by Crippen LogP contribution is -2.73. The number of thioether (sulfide) groups is 2. The molecule has 0 aromatic carbocycles. The first-order chi connectivity index (χ1) is 17.3. The van der Waals surface area contributed by atoms with Gasteiger partial charge >= 0.3 is 5.97 Å². The van der Waals surface area contributed by atoms with Crippen LogP contribution in [0.15, 0.2) is 44.5 Å². The number of pyridine rings is 1. The van der Waals surface area contributed by atoms with Crippen molar-refractivity contribution in [2.75, 3.05) is 30.6 Å². The molecule has 0 saturated carbocycles. The second kappa shape index (κ2) is 11.1. The molecule has 11 nitrogen and oxygen atoms in total. The number of aryl methyl sites for hydroxylation is 1. The van der Waals surface area contributed by atoms with E-state index in [1.807, 2.05) is 35.5 Å². The number of oxime groups is 1. The second-order valence-corrected chi connectivity index (χ2v) is 11.3. The average Bonchev–Trinajstić information content (AvgIpc) is 3.29. The normalized spacial score (nSPS) is 19.6. The predicted molar refractivity (Wildman–Crippen MR) is 141 cm³/mol. The summed E-state index contributed by atoms with van der Waals surface area (Å²) in [6, 6.07) is 2.57. The number of carboxylic acids is 1. The zero-order valence-electron chi connectivity index (χ0n) is 19.5. The highest BCUT2D eigenvalue weighted by atomic mass is 32.2. The highest BCUT2D eigenvalue weighted by molar-refractivity contribution is 8.06. The highest BCUT2D eigenvalue weighted by Gasteiger charge is 2.54. The van der Waals surface area contributed by atoms with Gasteiger partial charge in [-0.25, -0.2) is 9.78 Å². The Bertz CT molecular complexity index is 1280. The number of fused-ring (bicyclic) bond motifs is 1. The Balaban J connectivity index is 1.51. The number of nitrogens with one attached hydrogen (secondary N) is 1. The Morgan fingerprint density at radius 2 is 2.25 bits per heavy atom. The molecule has 4 heterocycles. The van der Waals surface area contributed by atoms with Crippen molar-refractivity contribution in [2.24, 2.45) is 5.16 Å². The Morgan fingerprint density at radius 1 is 1.47 bits per heavy atom. The first kappa shape index (κ1) is 26.3. The zero-order chi connectivity index (χ0) is 26.0. The van der Waals surface area contributed by atoms with Gasteiger partial charge in [-0.15, -0.1) is 27.1 Å². The monoisotopic (exact) mass is 567 g/mol. The minimum atomic E-state index is -1.18. The summed E-state index contributed by atoms with van der Waals surface area (Å²) in [4.78, 5) is 48.8. The molecule has 0 bridgehead atoms. The van der Waals surface area contributed by atoms with Crippen LogP contribution >= 0.6 is 46.8 Å². The van der Waals surface area contributed by atoms with E-state index in [1.54, 1.807) is 17.3 Å². The van der Waals surface area contributed by atoms with Crippen molar-refractivity contribution in [3.8, 4) is 0 Å². The van der Waals surface area contributed by atoms with Crippen LogP contribution in [0.1, 0.15) is 11.3 Å². The summed E-state index contributed by atoms with van der Waals surface area (Å²) < 4.78 is 2.02. The van der Waals surface area contributed by atoms with Crippen LogP contribution in [0, 0.1) is 6.92 Å². The molecular weight excluding hydrogens is 545 g/mol. The number of nitrogen functional groups attached to an aromatic ring is 1. The lowest BCUT2D eigenvalue weighted by atomic mass is 9.94. The third-order valence-electron chi connectivity index (χ3n) is 5.45. The van der Waals surface area contributed by atoms with Crippen molar-refractivity contribution in [3.05, 3.63) is 45.6 Å². The quantitative estimate of drug-likeness (QED) is 0.133. The second-order valence-electron chi connectivity index (χ2n) is 7.60. The summed E-state index contributed by atoms with van der Waals surface area (Å²) in [5.74, 6) is -1.48. The van der Waals surface area contributed by atoms with Gasteiger partial charge in [-0.2, -0.15) is 0 Å². The van der Waals surface area contributed by atoms with Gasteiger partial charge in [0.1, 0.15) is 24.5 Å². The van der Waals surface area contributed by atoms with Crippen LogP contribution in [0.25, 0.3) is 0 Å². The number of hydrogen-bond acceptors (Lipinski definition) is 11. The maximum atomic E-state index is 13.0. The van der Waals surface area contributed by atoms with Gasteiger partial charge < -0.3 is 21.0 Å². The molecule has 4 N–H and O–H groups in total. The number of hydrogen-bond donors (Lipinski definition) is 3. The Morgan fingerprint density at radius 3 is 2.89 bits per heavy atom. The summed E-state index contributed by atoms with van der Waals surface area (Å²) in [5.41, 5.74) is 6.80. The van der Waals surface area contributed by atoms with Crippen LogP contribution in [0.4, 0.5) is 5.13 Å². The summed E-state index contributed by atoms with van der Waals surface area (Å²) in [6.07, 6.45) is 3.91. The van der Waals surface area contributed by atoms with Crippen molar-refractivity contribution in [3.63, 3.8) is 0 Å². The molecule has 2 amide bonds. The maximum Gasteiger partial charge on any atom is 0.353 e. The highest BCUT2D eigenvalue weighted by Crippen LogP contribution is 2.41. The molecule has 0 spiro atoms. The van der Waals surface area contributed by atoms with E-state index < -0.39 is 29.9 Å². The van der Waals surface area contributed by atoms with Crippen molar-refractivity contribution >= 4 is 75.4 Å². The summed E-state index contributed by atoms with van der Waals surface area (Å²) in [5, 5.41) is 19.2. The number of carbonyl (C=O) groups is 3. The number of nitrogens with two attached hydrogens (primary N) is 1. The number of aromatic nitrogens is 2. The lowest BCUT2D eigenvalue weighted by molar-refractivity contribution is -0.538. The average molecular weight is 568 g/mol. The Kier molecular flexibility index (Phi) is 8.12. The van der Waals surface area contributed by atoms with E-state index >= 15 is 0 Å². The predicted octanol–water partition coefficient (Wildman–Crippen LogP) is 1.33. The molecule has 190 valence electrons. The molecule has 0 radical (unpaired) electrons. The van der Waals surface area contributed by atoms with E-state index in [9.17, 15) is 19.5 Å². The summed E-state index contributed by atoms with van der Waals surface area (Å²) >= 11 is 5.60. The largest absolute Gasteiger partial charge is 0.477 e. The van der Waals surface area contributed by atoms with E-state index in [4.69, 9.17) is 10.6 Å². The van der Waals surface area contributed by atoms with Crippen molar-refractivity contribution in [1.29, 1.82) is 0 Å². The SMILES string of the molecule is CON=C(C(=O)NC1C(=O)N2C(C(=O)O)=C(CSc3c(C)ccc[n+]3SC)SCC12)c1csc(N)n1. The number of amides is 2. The molecule has 2 aliphatic heterocycles. The number of thiazole rings is 1. The molecule has 1 saturated heterocycles. The van der Waals surface area contributed by atoms with Crippen LogP contribution in [0.2, 0.25) is 0 Å². The number of rotatable bonds is 9. The summed E-state index contributed by atoms with van der Waals surface area (Å²) in [6.45, 7) is 2.00. The number of carboxylic acid groups (broad SMARTS) is 1. The maximum absolute atomic E-state index is 13.0. The van der Waals surface area contributed by atoms with Gasteiger partial charge in [0.2, 0.25) is 0 Å². The third-order valence-corrected chi connectivity index (χ3v) is 9.54. The molecular formula is C21H23N6O5S4+. The van der Waals surface area contributed by atoms with Crippen LogP contribution in [0.5, 0.6) is 0 Å². The van der Waals surface area contributed by atoms with Crippen LogP contribution < -0.4 is 15.0 Å². The molecule has 2 unspecified atom stereocenters. The van der Waals surface area contributed by atoms with Crippen molar-refractivity contribution < 1.29 is 28.3 Å². The first-order valence-corrected chi connectivity index (χ1v) is 14.5. The molecule has 2 atom stereocenters. The van der Waals surface area contributed by atoms with E-state index in [-0.39, 0.29) is 22.2 Å². The summed E-state index contributed by atoms with van der Waals surface area (Å²) in [7, 11) is 1.29. The standard InChI is InChI=1S/C21H22N6O5S4/c1-10-5-4-6-26(33-3)19(10)35-9-13-16(20(30)31)27-12(8-34-13)15(18(27)29)24-17(28)14(25-32-2)11-7-36-21(22)23-11/h4-7,12,15H,8-9H2,1-3H3,(H3-,22,23,24,28,30,31)/p+1.